The average molecular weight is 571 g/mol. The molecule has 0 aromatic rings. The first-order valence-electron chi connectivity index (χ1n) is 13.8. The molecular weight excluding hydrogens is 519 g/mol. The fraction of sp³-hybridized carbons (Fsp3) is 0.857. The first kappa shape index (κ1) is 34.6. The number of carboxylic acid groups (broad SMARTS) is 2. The molecule has 0 aromatic carbocycles. The number of hydrogen-bond acceptors (Lipinski definition) is 4. The molecule has 0 saturated carbocycles. The van der Waals surface area contributed by atoms with Gasteiger partial charge in [0.05, 0.1) is 11.9 Å². The van der Waals surface area contributed by atoms with Crippen molar-refractivity contribution in [1.82, 2.24) is 0 Å². The van der Waals surface area contributed by atoms with Crippen molar-refractivity contribution in [3.05, 3.63) is 11.6 Å². The zero-order valence-corrected chi connectivity index (χ0v) is 24.9. The number of unbranched alkanes of at least 4 members (excludes halogenated alkanes) is 15. The van der Waals surface area contributed by atoms with E-state index in [1.807, 2.05) is 0 Å². The minimum absolute atomic E-state index is 0.0736. The van der Waals surface area contributed by atoms with Gasteiger partial charge in [-0.15, -0.1) is 0 Å². The van der Waals surface area contributed by atoms with Crippen LogP contribution in [0, 0.1) is 0 Å². The number of hydrogen-bond donors (Lipinski definition) is 0. The summed E-state index contributed by atoms with van der Waals surface area (Å²) in [5.41, 5.74) is -0.185. The molecule has 0 aromatic heterocycles. The van der Waals surface area contributed by atoms with Gasteiger partial charge in [-0.25, -0.2) is 0 Å². The molecule has 0 fully saturated rings. The van der Waals surface area contributed by atoms with E-state index in [1.165, 1.54) is 70.6 Å². The van der Waals surface area contributed by atoms with Crippen LogP contribution in [0.5, 0.6) is 0 Å². The molecule has 4 nitrogen and oxygen atoms in total. The van der Waals surface area contributed by atoms with E-state index < -0.39 is 11.9 Å². The van der Waals surface area contributed by atoms with Crippen molar-refractivity contribution in [3.63, 3.8) is 0 Å². The molecule has 0 rings (SSSR count). The van der Waals surface area contributed by atoms with E-state index in [-0.39, 0.29) is 33.1 Å². The summed E-state index contributed by atoms with van der Waals surface area (Å²) in [6, 6.07) is 0. The molecule has 0 heterocycles. The molecule has 0 atom stereocenters. The zero-order chi connectivity index (χ0) is 25.0. The number of rotatable bonds is 23. The van der Waals surface area contributed by atoms with Crippen molar-refractivity contribution in [2.75, 3.05) is 0 Å². The summed E-state index contributed by atoms with van der Waals surface area (Å²) in [5, 5.41) is 20.7. The van der Waals surface area contributed by atoms with Crippen LogP contribution in [0.1, 0.15) is 143 Å². The van der Waals surface area contributed by atoms with Gasteiger partial charge in [0.2, 0.25) is 0 Å². The predicted octanol–water partition coefficient (Wildman–Crippen LogP) is 6.41. The Morgan fingerprint density at radius 1 is 0.576 bits per heavy atom. The van der Waals surface area contributed by atoms with Gasteiger partial charge in [-0.05, 0) is 24.5 Å². The van der Waals surface area contributed by atoms with Gasteiger partial charge < -0.3 is 19.8 Å². The summed E-state index contributed by atoms with van der Waals surface area (Å²) in [4.78, 5) is 20.7. The van der Waals surface area contributed by atoms with Crippen LogP contribution in [0.15, 0.2) is 11.6 Å². The topological polar surface area (TPSA) is 80.3 Å². The molecule has 192 valence electrons. The van der Waals surface area contributed by atoms with E-state index in [9.17, 15) is 19.8 Å². The van der Waals surface area contributed by atoms with Crippen molar-refractivity contribution >= 4 is 33.1 Å². The summed E-state index contributed by atoms with van der Waals surface area (Å²) in [7, 11) is 0. The van der Waals surface area contributed by atoms with Crippen LogP contribution in [0.4, 0.5) is 0 Å². The Kier molecular flexibility index (Phi) is 31.0. The van der Waals surface area contributed by atoms with E-state index in [0.29, 0.717) is 12.5 Å². The van der Waals surface area contributed by atoms with Gasteiger partial charge in [0, 0.05) is 0 Å². The van der Waals surface area contributed by atoms with Gasteiger partial charge in [0.1, 0.15) is 0 Å². The summed E-state index contributed by atoms with van der Waals surface area (Å²) >= 11 is 0.0736. The maximum atomic E-state index is 10.5. The Hall–Kier alpha value is -0.521. The number of carbonyl (C=O) groups excluding carboxylic acids is 2. The van der Waals surface area contributed by atoms with Crippen molar-refractivity contribution in [1.29, 1.82) is 0 Å². The van der Waals surface area contributed by atoms with Gasteiger partial charge in [0.15, 0.2) is 0 Å². The third-order valence-corrected chi connectivity index (χ3v) is 9.80. The van der Waals surface area contributed by atoms with E-state index in [4.69, 9.17) is 0 Å². The molecule has 0 unspecified atom stereocenters. The van der Waals surface area contributed by atoms with Crippen LogP contribution in [-0.4, -0.2) is 33.1 Å². The molecule has 0 spiro atoms. The third-order valence-electron chi connectivity index (χ3n) is 5.77. The molecule has 0 saturated heterocycles. The van der Waals surface area contributed by atoms with E-state index in [2.05, 4.69) is 20.8 Å². The van der Waals surface area contributed by atoms with Gasteiger partial charge in [-0.1, -0.05) is 39.0 Å². The monoisotopic (exact) mass is 572 g/mol. The van der Waals surface area contributed by atoms with Gasteiger partial charge in [-0.3, -0.25) is 0 Å². The van der Waals surface area contributed by atoms with Crippen LogP contribution >= 0.6 is 0 Å². The van der Waals surface area contributed by atoms with Crippen molar-refractivity contribution in [3.8, 4) is 0 Å². The second-order valence-corrected chi connectivity index (χ2v) is 13.4. The Bertz CT molecular complexity index is 449. The normalized spacial score (nSPS) is 10.9. The van der Waals surface area contributed by atoms with Gasteiger partial charge in [0.25, 0.3) is 0 Å². The van der Waals surface area contributed by atoms with Crippen LogP contribution in [0.2, 0.25) is 8.87 Å². The summed E-state index contributed by atoms with van der Waals surface area (Å²) in [5.74, 6) is -2.90. The first-order valence-corrected chi connectivity index (χ1v) is 17.9. The second-order valence-electron chi connectivity index (χ2n) is 9.08. The minimum atomic E-state index is -1.48. The van der Waals surface area contributed by atoms with Crippen LogP contribution in [0.3, 0.4) is 0 Å². The molecule has 0 aliphatic heterocycles. The fourth-order valence-electron chi connectivity index (χ4n) is 3.66. The van der Waals surface area contributed by atoms with Crippen LogP contribution in [0.25, 0.3) is 0 Å². The number of carbonyl (C=O) groups is 2. The molecule has 0 aliphatic rings. The standard InChI is InChI=1S/C12H20O4.2C8H17.Sn/c1-2-3-4-5-6-7-8-10(12(15)16)9-11(13)14;2*1-3-5-7-8-6-4-2;/h9H,2-8H2,1H3,(H,13,14)(H,15,16);2*1,3-8H2,2H3;/q;;;+2/p-2/b10-9-;;;. The Morgan fingerprint density at radius 2 is 0.939 bits per heavy atom. The van der Waals surface area contributed by atoms with Crippen molar-refractivity contribution in [2.24, 2.45) is 0 Å². The molecule has 0 amide bonds. The maximum absolute atomic E-state index is 10.5. The van der Waals surface area contributed by atoms with Crippen molar-refractivity contribution < 1.29 is 19.8 Å². The molecule has 0 bridgehead atoms. The Labute approximate surface area is 215 Å². The third kappa shape index (κ3) is 31.5. The van der Waals surface area contributed by atoms with Crippen LogP contribution in [-0.2, 0) is 9.59 Å². The van der Waals surface area contributed by atoms with Gasteiger partial charge in [-0.2, -0.15) is 0 Å². The average Bonchev–Trinajstić information content (AvgIpc) is 2.78. The summed E-state index contributed by atoms with van der Waals surface area (Å²) in [6.45, 7) is 6.72. The summed E-state index contributed by atoms with van der Waals surface area (Å²) in [6.07, 6.45) is 24.8. The SMILES string of the molecule is CCCCCCCC/C(=C/C(=O)[O-])C(=O)[O-].CCCCCCC[CH2][Sn+2][CH2]CCCCCCC. The number of carboxylic acids is 2. The Morgan fingerprint density at radius 3 is 1.30 bits per heavy atom. The first-order chi connectivity index (χ1) is 16.0. The van der Waals surface area contributed by atoms with Gasteiger partial charge >= 0.3 is 121 Å². The molecule has 33 heavy (non-hydrogen) atoms. The number of aliphatic carboxylic acids is 2. The quantitative estimate of drug-likeness (QED) is 0.0807. The Balaban J connectivity index is 0. The van der Waals surface area contributed by atoms with Crippen molar-refractivity contribution in [2.45, 2.75) is 152 Å². The molecular formula is C28H52O4Sn. The zero-order valence-electron chi connectivity index (χ0n) is 22.1. The summed E-state index contributed by atoms with van der Waals surface area (Å²) < 4.78 is 3.31. The molecule has 0 radical (unpaired) electrons. The predicted molar refractivity (Wildman–Crippen MR) is 138 cm³/mol. The van der Waals surface area contributed by atoms with E-state index >= 15 is 0 Å². The van der Waals surface area contributed by atoms with Crippen LogP contribution < -0.4 is 10.2 Å². The van der Waals surface area contributed by atoms with E-state index in [0.717, 1.165) is 25.7 Å². The van der Waals surface area contributed by atoms with E-state index in [1.54, 1.807) is 21.7 Å². The fourth-order valence-corrected chi connectivity index (χ4v) is 7.22. The second kappa shape index (κ2) is 29.5. The molecule has 0 N–H and O–H groups in total. The molecule has 0 aliphatic carbocycles. The molecule has 5 heteroatoms.